The maximum absolute atomic E-state index is 12.3. The van der Waals surface area contributed by atoms with Gasteiger partial charge in [-0.05, 0) is 31.4 Å². The van der Waals surface area contributed by atoms with Crippen molar-refractivity contribution in [3.63, 3.8) is 0 Å². The van der Waals surface area contributed by atoms with E-state index in [1.54, 1.807) is 18.3 Å². The lowest BCUT2D eigenvalue weighted by molar-refractivity contribution is -0.128. The van der Waals surface area contributed by atoms with Gasteiger partial charge in [0.2, 0.25) is 5.91 Å². The standard InChI is InChI=1S/C15H22N4O2.2ClH/c1-15(17)7-3-2-4-11(15)14(21)19-9-10-5-6-12(13(16)20)18-8-10;;/h5-6,8,11H,2-4,7,9,17H2,1H3,(H2,16,20)(H,19,21);2*1H. The number of nitrogens with two attached hydrogens (primary N) is 2. The topological polar surface area (TPSA) is 111 Å². The molecule has 2 amide bonds. The van der Waals surface area contributed by atoms with Crippen LogP contribution in [0.5, 0.6) is 0 Å². The van der Waals surface area contributed by atoms with Crippen LogP contribution >= 0.6 is 24.8 Å². The zero-order valence-corrected chi connectivity index (χ0v) is 14.7. The quantitative estimate of drug-likeness (QED) is 0.754. The van der Waals surface area contributed by atoms with E-state index in [2.05, 4.69) is 10.3 Å². The Balaban J connectivity index is 0.00000242. The average Bonchev–Trinajstić information content (AvgIpc) is 2.44. The molecule has 130 valence electrons. The largest absolute Gasteiger partial charge is 0.364 e. The molecule has 2 rings (SSSR count). The summed E-state index contributed by atoms with van der Waals surface area (Å²) in [6, 6.07) is 3.29. The van der Waals surface area contributed by atoms with Gasteiger partial charge in [0.25, 0.3) is 5.91 Å². The van der Waals surface area contributed by atoms with E-state index in [1.807, 2.05) is 6.92 Å². The number of primary amides is 1. The van der Waals surface area contributed by atoms with Gasteiger partial charge >= 0.3 is 0 Å². The lowest BCUT2D eigenvalue weighted by Crippen LogP contribution is -2.52. The van der Waals surface area contributed by atoms with Crippen LogP contribution in [0.2, 0.25) is 0 Å². The SMILES string of the molecule is CC1(N)CCCCC1C(=O)NCc1ccc(C(N)=O)nc1.Cl.Cl. The Morgan fingerprint density at radius 1 is 1.35 bits per heavy atom. The average molecular weight is 363 g/mol. The summed E-state index contributed by atoms with van der Waals surface area (Å²) >= 11 is 0. The van der Waals surface area contributed by atoms with Crippen LogP contribution in [0, 0.1) is 5.92 Å². The molecule has 0 aliphatic heterocycles. The van der Waals surface area contributed by atoms with E-state index in [4.69, 9.17) is 11.5 Å². The second kappa shape index (κ2) is 9.05. The number of halogens is 2. The van der Waals surface area contributed by atoms with Crippen molar-refractivity contribution in [3.05, 3.63) is 29.6 Å². The molecule has 1 aliphatic rings. The number of rotatable bonds is 4. The predicted octanol–water partition coefficient (Wildman–Crippen LogP) is 1.55. The number of nitrogens with one attached hydrogen (secondary N) is 1. The number of carbonyl (C=O) groups excluding carboxylic acids is 2. The van der Waals surface area contributed by atoms with Crippen LogP contribution in [0.1, 0.15) is 48.7 Å². The van der Waals surface area contributed by atoms with Gasteiger partial charge in [-0.3, -0.25) is 14.6 Å². The molecule has 1 heterocycles. The van der Waals surface area contributed by atoms with Crippen LogP contribution in [0.25, 0.3) is 0 Å². The third-order valence-electron chi connectivity index (χ3n) is 4.11. The molecule has 0 saturated heterocycles. The van der Waals surface area contributed by atoms with Crippen molar-refractivity contribution in [2.24, 2.45) is 17.4 Å². The van der Waals surface area contributed by atoms with Crippen LogP contribution in [0.4, 0.5) is 0 Å². The Morgan fingerprint density at radius 2 is 2.04 bits per heavy atom. The first kappa shape index (κ1) is 21.6. The molecular formula is C15H24Cl2N4O2. The van der Waals surface area contributed by atoms with E-state index in [-0.39, 0.29) is 42.3 Å². The Hall–Kier alpha value is -1.37. The molecule has 5 N–H and O–H groups in total. The normalized spacial score (nSPS) is 23.1. The lowest BCUT2D eigenvalue weighted by atomic mass is 9.74. The Kier molecular flexibility index (Phi) is 8.52. The molecule has 1 aromatic rings. The zero-order chi connectivity index (χ0) is 15.5. The van der Waals surface area contributed by atoms with Crippen molar-refractivity contribution in [1.82, 2.24) is 10.3 Å². The molecule has 2 atom stereocenters. The van der Waals surface area contributed by atoms with Gasteiger partial charge in [0, 0.05) is 18.3 Å². The van der Waals surface area contributed by atoms with E-state index in [0.717, 1.165) is 31.2 Å². The Bertz CT molecular complexity index is 535. The summed E-state index contributed by atoms with van der Waals surface area (Å²) in [7, 11) is 0. The molecule has 1 aliphatic carbocycles. The molecule has 23 heavy (non-hydrogen) atoms. The minimum Gasteiger partial charge on any atom is -0.364 e. The van der Waals surface area contributed by atoms with Crippen molar-refractivity contribution in [1.29, 1.82) is 0 Å². The number of aromatic nitrogens is 1. The number of amides is 2. The molecule has 0 bridgehead atoms. The van der Waals surface area contributed by atoms with Crippen molar-refractivity contribution in [2.45, 2.75) is 44.7 Å². The summed E-state index contributed by atoms with van der Waals surface area (Å²) in [5.74, 6) is -0.727. The molecule has 0 spiro atoms. The molecule has 8 heteroatoms. The van der Waals surface area contributed by atoms with E-state index in [0.29, 0.717) is 6.54 Å². The van der Waals surface area contributed by atoms with Gasteiger partial charge < -0.3 is 16.8 Å². The molecule has 0 aromatic carbocycles. The number of hydrogen-bond acceptors (Lipinski definition) is 4. The number of hydrogen-bond donors (Lipinski definition) is 3. The highest BCUT2D eigenvalue weighted by Gasteiger charge is 2.37. The molecule has 1 aromatic heterocycles. The molecule has 2 unspecified atom stereocenters. The van der Waals surface area contributed by atoms with Gasteiger partial charge in [0.15, 0.2) is 0 Å². The Morgan fingerprint density at radius 3 is 2.57 bits per heavy atom. The highest BCUT2D eigenvalue weighted by atomic mass is 35.5. The maximum atomic E-state index is 12.3. The van der Waals surface area contributed by atoms with E-state index < -0.39 is 11.4 Å². The summed E-state index contributed by atoms with van der Waals surface area (Å²) in [5.41, 5.74) is 12.0. The molecule has 6 nitrogen and oxygen atoms in total. The van der Waals surface area contributed by atoms with Gasteiger partial charge in [-0.25, -0.2) is 0 Å². The van der Waals surface area contributed by atoms with Gasteiger partial charge in [0.05, 0.1) is 5.92 Å². The number of carbonyl (C=O) groups is 2. The van der Waals surface area contributed by atoms with E-state index in [9.17, 15) is 9.59 Å². The summed E-state index contributed by atoms with van der Waals surface area (Å²) in [5, 5.41) is 2.90. The molecule has 1 saturated carbocycles. The first-order valence-corrected chi connectivity index (χ1v) is 7.21. The fourth-order valence-electron chi connectivity index (χ4n) is 2.78. The van der Waals surface area contributed by atoms with Gasteiger partial charge in [-0.2, -0.15) is 0 Å². The summed E-state index contributed by atoms with van der Waals surface area (Å²) in [6.07, 6.45) is 5.37. The van der Waals surface area contributed by atoms with Crippen LogP contribution in [0.3, 0.4) is 0 Å². The summed E-state index contributed by atoms with van der Waals surface area (Å²) in [4.78, 5) is 27.2. The van der Waals surface area contributed by atoms with Crippen molar-refractivity contribution < 1.29 is 9.59 Å². The van der Waals surface area contributed by atoms with Gasteiger partial charge in [0.1, 0.15) is 5.69 Å². The zero-order valence-electron chi connectivity index (χ0n) is 13.1. The monoisotopic (exact) mass is 362 g/mol. The fraction of sp³-hybridized carbons (Fsp3) is 0.533. The summed E-state index contributed by atoms with van der Waals surface area (Å²) in [6.45, 7) is 2.32. The number of nitrogens with zero attached hydrogens (tertiary/aromatic N) is 1. The first-order valence-electron chi connectivity index (χ1n) is 7.21. The highest BCUT2D eigenvalue weighted by molar-refractivity contribution is 5.90. The number of pyridine rings is 1. The highest BCUT2D eigenvalue weighted by Crippen LogP contribution is 2.31. The maximum Gasteiger partial charge on any atom is 0.267 e. The second-order valence-corrected chi connectivity index (χ2v) is 5.94. The van der Waals surface area contributed by atoms with Gasteiger partial charge in [-0.1, -0.05) is 18.9 Å². The third-order valence-corrected chi connectivity index (χ3v) is 4.11. The summed E-state index contributed by atoms with van der Waals surface area (Å²) < 4.78 is 0. The predicted molar refractivity (Wildman–Crippen MR) is 93.6 cm³/mol. The van der Waals surface area contributed by atoms with Crippen molar-refractivity contribution in [2.75, 3.05) is 0 Å². The van der Waals surface area contributed by atoms with Gasteiger partial charge in [-0.15, -0.1) is 24.8 Å². The lowest BCUT2D eigenvalue weighted by Gasteiger charge is -2.37. The minimum atomic E-state index is -0.563. The Labute approximate surface area is 148 Å². The van der Waals surface area contributed by atoms with Crippen LogP contribution in [-0.2, 0) is 11.3 Å². The van der Waals surface area contributed by atoms with Crippen molar-refractivity contribution >= 4 is 36.6 Å². The first-order chi connectivity index (χ1) is 9.90. The minimum absolute atomic E-state index is 0. The smallest absolute Gasteiger partial charge is 0.267 e. The second-order valence-electron chi connectivity index (χ2n) is 5.94. The molecule has 0 radical (unpaired) electrons. The van der Waals surface area contributed by atoms with Crippen molar-refractivity contribution in [3.8, 4) is 0 Å². The van der Waals surface area contributed by atoms with E-state index >= 15 is 0 Å². The van der Waals surface area contributed by atoms with Crippen LogP contribution < -0.4 is 16.8 Å². The van der Waals surface area contributed by atoms with Crippen LogP contribution in [0.15, 0.2) is 18.3 Å². The molecular weight excluding hydrogens is 339 g/mol. The fourth-order valence-corrected chi connectivity index (χ4v) is 2.78. The van der Waals surface area contributed by atoms with E-state index in [1.165, 1.54) is 0 Å². The van der Waals surface area contributed by atoms with Crippen LogP contribution in [-0.4, -0.2) is 22.3 Å². The molecule has 1 fully saturated rings. The third kappa shape index (κ3) is 5.64.